The molecule has 0 saturated carbocycles. The zero-order valence-corrected chi connectivity index (χ0v) is 7.20. The van der Waals surface area contributed by atoms with E-state index in [1.165, 1.54) is 0 Å². The maximum Gasteiger partial charge on any atom is 0.109 e. The quantitative estimate of drug-likeness (QED) is 0.732. The van der Waals surface area contributed by atoms with Crippen molar-refractivity contribution < 1.29 is 0 Å². The molecule has 0 fully saturated rings. The highest BCUT2D eigenvalue weighted by Gasteiger charge is 2.03. The molecule has 0 aromatic carbocycles. The topological polar surface area (TPSA) is 54.7 Å². The van der Waals surface area contributed by atoms with E-state index in [0.29, 0.717) is 6.54 Å². The van der Waals surface area contributed by atoms with Crippen LogP contribution in [0.2, 0.25) is 0 Å². The van der Waals surface area contributed by atoms with Crippen LogP contribution in [0.15, 0.2) is 18.5 Å². The van der Waals surface area contributed by atoms with E-state index in [2.05, 4.69) is 6.07 Å². The molecular weight excluding hydrogens is 150 g/mol. The Bertz CT molecular complexity index is 282. The second-order valence-corrected chi connectivity index (χ2v) is 2.79. The second kappa shape index (κ2) is 3.93. The molecule has 0 aliphatic carbocycles. The van der Waals surface area contributed by atoms with Gasteiger partial charge in [-0.1, -0.05) is 6.92 Å². The Balaban J connectivity index is 2.71. The number of nitrogens with two attached hydrogens (primary N) is 1. The minimum atomic E-state index is 0.102. The van der Waals surface area contributed by atoms with E-state index in [-0.39, 0.29) is 6.04 Å². The van der Waals surface area contributed by atoms with Crippen LogP contribution in [-0.4, -0.2) is 4.57 Å². The summed E-state index contributed by atoms with van der Waals surface area (Å²) in [5.74, 6) is 0. The minimum Gasteiger partial charge on any atom is -0.340 e. The first kappa shape index (κ1) is 8.82. The van der Waals surface area contributed by atoms with Gasteiger partial charge in [-0.15, -0.1) is 0 Å². The van der Waals surface area contributed by atoms with Gasteiger partial charge in [-0.25, -0.2) is 0 Å². The van der Waals surface area contributed by atoms with Crippen molar-refractivity contribution >= 4 is 0 Å². The summed E-state index contributed by atoms with van der Waals surface area (Å²) in [7, 11) is 0. The maximum absolute atomic E-state index is 8.42. The molecule has 2 N–H and O–H groups in total. The number of rotatable bonds is 3. The van der Waals surface area contributed by atoms with Crippen molar-refractivity contribution in [1.29, 1.82) is 5.26 Å². The van der Waals surface area contributed by atoms with Gasteiger partial charge in [-0.05, 0) is 18.1 Å². The van der Waals surface area contributed by atoms with Gasteiger partial charge in [0, 0.05) is 18.4 Å². The molecule has 1 unspecified atom stereocenters. The van der Waals surface area contributed by atoms with E-state index >= 15 is 0 Å². The monoisotopic (exact) mass is 163 g/mol. The van der Waals surface area contributed by atoms with Gasteiger partial charge >= 0.3 is 0 Å². The van der Waals surface area contributed by atoms with Gasteiger partial charge in [0.2, 0.25) is 0 Å². The average Bonchev–Trinajstić information content (AvgIpc) is 2.52. The molecule has 0 saturated heterocycles. The van der Waals surface area contributed by atoms with Gasteiger partial charge < -0.3 is 10.3 Å². The molecule has 1 aromatic heterocycles. The van der Waals surface area contributed by atoms with Crippen LogP contribution in [0.1, 0.15) is 24.9 Å². The average molecular weight is 163 g/mol. The molecule has 0 aliphatic heterocycles. The highest BCUT2D eigenvalue weighted by Crippen LogP contribution is 2.13. The Morgan fingerprint density at radius 3 is 3.08 bits per heavy atom. The van der Waals surface area contributed by atoms with Gasteiger partial charge in [0.15, 0.2) is 0 Å². The summed E-state index contributed by atoms with van der Waals surface area (Å²) in [5, 5.41) is 8.42. The molecule has 3 nitrogen and oxygen atoms in total. The van der Waals surface area contributed by atoms with Crippen LogP contribution in [0.4, 0.5) is 0 Å². The molecule has 1 atom stereocenters. The van der Waals surface area contributed by atoms with Gasteiger partial charge in [-0.2, -0.15) is 5.26 Å². The fraction of sp³-hybridized carbons (Fsp3) is 0.444. The number of nitriles is 1. The molecule has 3 heteroatoms. The lowest BCUT2D eigenvalue weighted by Crippen LogP contribution is -2.07. The molecule has 1 aromatic rings. The smallest absolute Gasteiger partial charge is 0.109 e. The van der Waals surface area contributed by atoms with Crippen LogP contribution in [-0.2, 0) is 6.54 Å². The zero-order chi connectivity index (χ0) is 8.97. The first-order chi connectivity index (χ1) is 5.77. The predicted octanol–water partition coefficient (Wildman–Crippen LogP) is 1.42. The van der Waals surface area contributed by atoms with Crippen molar-refractivity contribution in [3.63, 3.8) is 0 Å². The van der Waals surface area contributed by atoms with Gasteiger partial charge in [0.05, 0.1) is 6.07 Å². The standard InChI is InChI=1S/C9H13N3/c1-2-9(11)8-3-5-12(7-8)6-4-10/h3,5,7,9H,2,6,11H2,1H3. The number of hydrogen-bond donors (Lipinski definition) is 1. The van der Waals surface area contributed by atoms with Crippen LogP contribution in [0, 0.1) is 11.3 Å². The molecular formula is C9H13N3. The van der Waals surface area contributed by atoms with Crippen LogP contribution >= 0.6 is 0 Å². The summed E-state index contributed by atoms with van der Waals surface area (Å²) < 4.78 is 1.84. The molecule has 0 radical (unpaired) electrons. The summed E-state index contributed by atoms with van der Waals surface area (Å²) in [6, 6.07) is 4.14. The fourth-order valence-electron chi connectivity index (χ4n) is 1.09. The third-order valence-corrected chi connectivity index (χ3v) is 1.89. The summed E-state index contributed by atoms with van der Waals surface area (Å²) in [6.07, 6.45) is 4.74. The summed E-state index contributed by atoms with van der Waals surface area (Å²) in [6.45, 7) is 2.45. The van der Waals surface area contributed by atoms with Gasteiger partial charge in [0.1, 0.15) is 6.54 Å². The maximum atomic E-state index is 8.42. The normalized spacial score (nSPS) is 12.4. The van der Waals surface area contributed by atoms with E-state index in [4.69, 9.17) is 11.0 Å². The van der Waals surface area contributed by atoms with Crippen LogP contribution < -0.4 is 5.73 Å². The fourth-order valence-corrected chi connectivity index (χ4v) is 1.09. The van der Waals surface area contributed by atoms with E-state index in [1.807, 2.05) is 30.0 Å². The van der Waals surface area contributed by atoms with Crippen molar-refractivity contribution in [1.82, 2.24) is 4.57 Å². The molecule has 0 spiro atoms. The molecule has 0 aliphatic rings. The third-order valence-electron chi connectivity index (χ3n) is 1.89. The highest BCUT2D eigenvalue weighted by atomic mass is 14.9. The van der Waals surface area contributed by atoms with E-state index in [1.54, 1.807) is 0 Å². The lowest BCUT2D eigenvalue weighted by atomic mass is 10.1. The number of nitrogens with zero attached hydrogens (tertiary/aromatic N) is 2. The molecule has 0 amide bonds. The molecule has 12 heavy (non-hydrogen) atoms. The zero-order valence-electron chi connectivity index (χ0n) is 7.20. The lowest BCUT2D eigenvalue weighted by molar-refractivity contribution is 0.694. The van der Waals surface area contributed by atoms with Gasteiger partial charge in [0.25, 0.3) is 0 Å². The van der Waals surface area contributed by atoms with Crippen molar-refractivity contribution in [3.05, 3.63) is 24.0 Å². The summed E-state index contributed by atoms with van der Waals surface area (Å²) in [5.41, 5.74) is 6.91. The predicted molar refractivity (Wildman–Crippen MR) is 47.3 cm³/mol. The third kappa shape index (κ3) is 1.86. The lowest BCUT2D eigenvalue weighted by Gasteiger charge is -2.04. The van der Waals surface area contributed by atoms with Crippen molar-refractivity contribution in [2.24, 2.45) is 5.73 Å². The molecule has 1 heterocycles. The summed E-state index contributed by atoms with van der Waals surface area (Å²) in [4.78, 5) is 0. The van der Waals surface area contributed by atoms with Crippen LogP contribution in [0.25, 0.3) is 0 Å². The first-order valence-corrected chi connectivity index (χ1v) is 4.06. The number of hydrogen-bond acceptors (Lipinski definition) is 2. The largest absolute Gasteiger partial charge is 0.340 e. The Morgan fingerprint density at radius 2 is 2.50 bits per heavy atom. The van der Waals surface area contributed by atoms with E-state index in [9.17, 15) is 0 Å². The summed E-state index contributed by atoms with van der Waals surface area (Å²) >= 11 is 0. The minimum absolute atomic E-state index is 0.102. The Morgan fingerprint density at radius 1 is 1.75 bits per heavy atom. The SMILES string of the molecule is CCC(N)c1ccn(CC#N)c1. The Hall–Kier alpha value is -1.27. The van der Waals surface area contributed by atoms with Crippen LogP contribution in [0.3, 0.4) is 0 Å². The molecule has 1 rings (SSSR count). The van der Waals surface area contributed by atoms with Crippen molar-refractivity contribution in [2.45, 2.75) is 25.9 Å². The first-order valence-electron chi connectivity index (χ1n) is 4.06. The molecule has 64 valence electrons. The Labute approximate surface area is 72.4 Å². The van der Waals surface area contributed by atoms with E-state index in [0.717, 1.165) is 12.0 Å². The van der Waals surface area contributed by atoms with E-state index < -0.39 is 0 Å². The van der Waals surface area contributed by atoms with Crippen molar-refractivity contribution in [2.75, 3.05) is 0 Å². The highest BCUT2D eigenvalue weighted by molar-refractivity contribution is 5.15. The second-order valence-electron chi connectivity index (χ2n) is 2.79. The Kier molecular flexibility index (Phi) is 2.89. The van der Waals surface area contributed by atoms with Gasteiger partial charge in [-0.3, -0.25) is 0 Å². The van der Waals surface area contributed by atoms with Crippen molar-refractivity contribution in [3.8, 4) is 6.07 Å². The number of aromatic nitrogens is 1. The van der Waals surface area contributed by atoms with Crippen LogP contribution in [0.5, 0.6) is 0 Å². The molecule has 0 bridgehead atoms.